The molecule has 1 aromatic heterocycles. The van der Waals surface area contributed by atoms with Crippen molar-refractivity contribution in [3.8, 4) is 5.75 Å². The summed E-state index contributed by atoms with van der Waals surface area (Å²) in [7, 11) is 1.34. The largest absolute Gasteiger partial charge is 0.484 e. The van der Waals surface area contributed by atoms with Crippen molar-refractivity contribution in [1.29, 1.82) is 0 Å². The van der Waals surface area contributed by atoms with E-state index in [0.29, 0.717) is 27.4 Å². The molecule has 0 aliphatic heterocycles. The van der Waals surface area contributed by atoms with Crippen LogP contribution in [0.2, 0.25) is 0 Å². The van der Waals surface area contributed by atoms with Crippen LogP contribution in [-0.2, 0) is 22.4 Å². The molecule has 164 valence electrons. The fourth-order valence-electron chi connectivity index (χ4n) is 3.74. The number of esters is 1. The second-order valence-corrected chi connectivity index (χ2v) is 8.57. The summed E-state index contributed by atoms with van der Waals surface area (Å²) in [5.41, 5.74) is 2.60. The van der Waals surface area contributed by atoms with E-state index < -0.39 is 5.97 Å². The van der Waals surface area contributed by atoms with E-state index in [1.54, 1.807) is 36.4 Å². The molecule has 0 saturated heterocycles. The number of nitrogens with one attached hydrogen (secondary N) is 1. The molecule has 1 N–H and O–H groups in total. The van der Waals surface area contributed by atoms with Gasteiger partial charge in [0.15, 0.2) is 12.4 Å². The molecule has 0 spiro atoms. The number of fused-ring (bicyclic) bond motifs is 1. The summed E-state index contributed by atoms with van der Waals surface area (Å²) in [6, 6.07) is 15.7. The molecule has 6 nitrogen and oxygen atoms in total. The molecule has 32 heavy (non-hydrogen) atoms. The molecule has 0 atom stereocenters. The Morgan fingerprint density at radius 3 is 2.34 bits per heavy atom. The molecule has 7 heteroatoms. The lowest BCUT2D eigenvalue weighted by Crippen LogP contribution is -2.21. The highest BCUT2D eigenvalue weighted by molar-refractivity contribution is 7.17. The maximum absolute atomic E-state index is 12.5. The van der Waals surface area contributed by atoms with Crippen LogP contribution in [0.25, 0.3) is 0 Å². The Morgan fingerprint density at radius 2 is 1.62 bits per heavy atom. The smallest absolute Gasteiger partial charge is 0.341 e. The summed E-state index contributed by atoms with van der Waals surface area (Å²) < 4.78 is 10.5. The van der Waals surface area contributed by atoms with Gasteiger partial charge in [0.25, 0.3) is 5.91 Å². The van der Waals surface area contributed by atoms with Crippen molar-refractivity contribution in [2.75, 3.05) is 19.0 Å². The Balaban J connectivity index is 1.39. The van der Waals surface area contributed by atoms with Crippen LogP contribution < -0.4 is 10.1 Å². The van der Waals surface area contributed by atoms with Crippen molar-refractivity contribution >= 4 is 34.0 Å². The molecule has 0 fully saturated rings. The molecular formula is C25H23NO5S. The number of aryl methyl sites for hydroxylation is 1. The SMILES string of the molecule is COC(=O)c1c(NC(=O)COc2ccc(C(=O)c3ccccc3)cc2)sc2c1CCCC2. The van der Waals surface area contributed by atoms with Gasteiger partial charge in [-0.2, -0.15) is 0 Å². The van der Waals surface area contributed by atoms with E-state index in [1.807, 2.05) is 18.2 Å². The van der Waals surface area contributed by atoms with Crippen LogP contribution >= 0.6 is 11.3 Å². The molecule has 1 aliphatic carbocycles. The Labute approximate surface area is 190 Å². The summed E-state index contributed by atoms with van der Waals surface area (Å²) in [6.45, 7) is -0.213. The lowest BCUT2D eigenvalue weighted by molar-refractivity contribution is -0.118. The number of carbonyl (C=O) groups excluding carboxylic acids is 3. The van der Waals surface area contributed by atoms with Gasteiger partial charge in [-0.15, -0.1) is 11.3 Å². The summed E-state index contributed by atoms with van der Waals surface area (Å²) in [6.07, 6.45) is 3.82. The Hall–Kier alpha value is -3.45. The normalized spacial score (nSPS) is 12.5. The number of thiophene rings is 1. The number of hydrogen-bond acceptors (Lipinski definition) is 6. The number of anilines is 1. The molecular weight excluding hydrogens is 426 g/mol. The van der Waals surface area contributed by atoms with E-state index in [1.165, 1.54) is 18.4 Å². The van der Waals surface area contributed by atoms with Crippen molar-refractivity contribution in [3.63, 3.8) is 0 Å². The van der Waals surface area contributed by atoms with Gasteiger partial charge in [-0.25, -0.2) is 4.79 Å². The topological polar surface area (TPSA) is 81.7 Å². The van der Waals surface area contributed by atoms with E-state index in [0.717, 1.165) is 36.1 Å². The van der Waals surface area contributed by atoms with Crippen LogP contribution in [0.3, 0.4) is 0 Å². The van der Waals surface area contributed by atoms with Gasteiger partial charge in [0.1, 0.15) is 10.8 Å². The summed E-state index contributed by atoms with van der Waals surface area (Å²) in [5.74, 6) is -0.396. The van der Waals surface area contributed by atoms with Crippen LogP contribution in [-0.4, -0.2) is 31.4 Å². The zero-order valence-electron chi connectivity index (χ0n) is 17.7. The number of ether oxygens (including phenoxy) is 2. The van der Waals surface area contributed by atoms with E-state index in [9.17, 15) is 14.4 Å². The van der Waals surface area contributed by atoms with Crippen LogP contribution in [0.5, 0.6) is 5.75 Å². The number of hydrogen-bond donors (Lipinski definition) is 1. The fourth-order valence-corrected chi connectivity index (χ4v) is 5.04. The van der Waals surface area contributed by atoms with E-state index in [2.05, 4.69) is 5.32 Å². The first-order valence-electron chi connectivity index (χ1n) is 10.4. The van der Waals surface area contributed by atoms with Gasteiger partial charge in [-0.05, 0) is 55.5 Å². The second-order valence-electron chi connectivity index (χ2n) is 7.46. The first-order valence-corrected chi connectivity index (χ1v) is 11.2. The quantitative estimate of drug-likeness (QED) is 0.419. The molecule has 4 rings (SSSR count). The van der Waals surface area contributed by atoms with E-state index >= 15 is 0 Å². The highest BCUT2D eigenvalue weighted by Gasteiger charge is 2.27. The second kappa shape index (κ2) is 9.78. The van der Waals surface area contributed by atoms with Crippen molar-refractivity contribution in [2.45, 2.75) is 25.7 Å². The van der Waals surface area contributed by atoms with Crippen molar-refractivity contribution in [2.24, 2.45) is 0 Å². The Bertz CT molecular complexity index is 1140. The van der Waals surface area contributed by atoms with Crippen molar-refractivity contribution in [1.82, 2.24) is 0 Å². The van der Waals surface area contributed by atoms with Gasteiger partial charge in [0.05, 0.1) is 12.7 Å². The zero-order valence-corrected chi connectivity index (χ0v) is 18.5. The third-order valence-electron chi connectivity index (χ3n) is 5.34. The van der Waals surface area contributed by atoms with Crippen LogP contribution in [0, 0.1) is 0 Å². The minimum Gasteiger partial charge on any atom is -0.484 e. The third-order valence-corrected chi connectivity index (χ3v) is 6.54. The van der Waals surface area contributed by atoms with E-state index in [4.69, 9.17) is 9.47 Å². The number of rotatable bonds is 7. The predicted octanol–water partition coefficient (Wildman–Crippen LogP) is 4.66. The molecule has 2 aromatic carbocycles. The Kier molecular flexibility index (Phi) is 6.66. The zero-order chi connectivity index (χ0) is 22.5. The highest BCUT2D eigenvalue weighted by Crippen LogP contribution is 2.38. The lowest BCUT2D eigenvalue weighted by Gasteiger charge is -2.12. The minimum atomic E-state index is -0.431. The summed E-state index contributed by atoms with van der Waals surface area (Å²) >= 11 is 1.43. The molecule has 0 saturated carbocycles. The van der Waals surface area contributed by atoms with Crippen LogP contribution in [0.1, 0.15) is 49.6 Å². The average Bonchev–Trinajstić information content (AvgIpc) is 3.20. The molecule has 1 amide bonds. The number of benzene rings is 2. The fraction of sp³-hybridized carbons (Fsp3) is 0.240. The molecule has 1 heterocycles. The molecule has 1 aliphatic rings. The third kappa shape index (κ3) is 4.73. The minimum absolute atomic E-state index is 0.0769. The standard InChI is InChI=1S/C25H23NO5S/c1-30-25(29)22-19-9-5-6-10-20(19)32-24(22)26-21(27)15-31-18-13-11-17(12-14-18)23(28)16-7-3-2-4-8-16/h2-4,7-8,11-14H,5-6,9-10,15H2,1H3,(H,26,27). The number of carbonyl (C=O) groups is 3. The lowest BCUT2D eigenvalue weighted by atomic mass is 9.95. The van der Waals surface area contributed by atoms with Gasteiger partial charge in [0.2, 0.25) is 0 Å². The van der Waals surface area contributed by atoms with Gasteiger partial charge in [0, 0.05) is 16.0 Å². The summed E-state index contributed by atoms with van der Waals surface area (Å²) in [5, 5.41) is 3.32. The maximum Gasteiger partial charge on any atom is 0.341 e. The number of amides is 1. The maximum atomic E-state index is 12.5. The monoisotopic (exact) mass is 449 g/mol. The molecule has 0 radical (unpaired) electrons. The number of ketones is 1. The summed E-state index contributed by atoms with van der Waals surface area (Å²) in [4.78, 5) is 38.4. The van der Waals surface area contributed by atoms with Crippen LogP contribution in [0.15, 0.2) is 54.6 Å². The predicted molar refractivity (Wildman–Crippen MR) is 123 cm³/mol. The van der Waals surface area contributed by atoms with Gasteiger partial charge in [-0.1, -0.05) is 30.3 Å². The van der Waals surface area contributed by atoms with Gasteiger partial charge >= 0.3 is 5.97 Å². The Morgan fingerprint density at radius 1 is 0.938 bits per heavy atom. The molecule has 0 bridgehead atoms. The van der Waals surface area contributed by atoms with Crippen LogP contribution in [0.4, 0.5) is 5.00 Å². The molecule has 0 unspecified atom stereocenters. The first kappa shape index (κ1) is 21.8. The molecule has 3 aromatic rings. The first-order chi connectivity index (χ1) is 15.6. The van der Waals surface area contributed by atoms with E-state index in [-0.39, 0.29) is 18.3 Å². The number of methoxy groups -OCH3 is 1. The average molecular weight is 450 g/mol. The highest BCUT2D eigenvalue weighted by atomic mass is 32.1. The van der Waals surface area contributed by atoms with Crippen molar-refractivity contribution < 1.29 is 23.9 Å². The van der Waals surface area contributed by atoms with Crippen molar-refractivity contribution in [3.05, 3.63) is 81.7 Å². The van der Waals surface area contributed by atoms with Gasteiger partial charge < -0.3 is 14.8 Å². The van der Waals surface area contributed by atoms with Gasteiger partial charge in [-0.3, -0.25) is 9.59 Å².